The molecule has 0 amide bonds. The van der Waals surface area contributed by atoms with Crippen LogP contribution in [0.5, 0.6) is 0 Å². The largest absolute Gasteiger partial charge is 0.128 e. The van der Waals surface area contributed by atoms with Crippen molar-refractivity contribution in [2.75, 3.05) is 0 Å². The van der Waals surface area contributed by atoms with Gasteiger partial charge in [0, 0.05) is 5.66 Å². The smallest absolute Gasteiger partial charge is 0.0694 e. The van der Waals surface area contributed by atoms with Crippen LogP contribution < -0.4 is 0 Å². The highest BCUT2D eigenvalue weighted by atomic mass is 35.5. The quantitative estimate of drug-likeness (QED) is 0.472. The molecule has 0 spiro atoms. The van der Waals surface area contributed by atoms with E-state index in [1.54, 1.807) is 0 Å². The summed E-state index contributed by atoms with van der Waals surface area (Å²) in [5, 5.41) is 0.0519. The maximum absolute atomic E-state index is 6.50. The Morgan fingerprint density at radius 3 is 2.00 bits per heavy atom. The van der Waals surface area contributed by atoms with Gasteiger partial charge in [-0.15, -0.1) is 20.8 Å². The number of alkyl halides is 1. The highest BCUT2D eigenvalue weighted by Gasteiger charge is 2.28. The third kappa shape index (κ3) is 1.41. The Balaban J connectivity index is 2.33. The zero-order chi connectivity index (χ0) is 11.1. The molecule has 16 heavy (non-hydrogen) atoms. The predicted octanol–water partition coefficient (Wildman–Crippen LogP) is 4.56. The van der Waals surface area contributed by atoms with Crippen LogP contribution >= 0.6 is 20.8 Å². The van der Waals surface area contributed by atoms with E-state index in [1.165, 1.54) is 22.3 Å². The number of hydrogen-bond acceptors (Lipinski definition) is 0. The van der Waals surface area contributed by atoms with Crippen molar-refractivity contribution in [3.05, 3.63) is 59.7 Å². The van der Waals surface area contributed by atoms with Crippen molar-refractivity contribution in [3.63, 3.8) is 0 Å². The molecule has 0 nitrogen and oxygen atoms in total. The summed E-state index contributed by atoms with van der Waals surface area (Å²) in [5.74, 6) is 0. The number of halogens is 1. The van der Waals surface area contributed by atoms with Gasteiger partial charge in [0.25, 0.3) is 0 Å². The van der Waals surface area contributed by atoms with Crippen LogP contribution in [0.3, 0.4) is 0 Å². The summed E-state index contributed by atoms with van der Waals surface area (Å²) in [6.07, 6.45) is 0. The molecule has 80 valence electrons. The van der Waals surface area contributed by atoms with Gasteiger partial charge in [-0.25, -0.2) is 0 Å². The van der Waals surface area contributed by atoms with E-state index in [2.05, 4.69) is 57.8 Å². The minimum atomic E-state index is 0.0519. The predicted molar refractivity (Wildman–Crippen MR) is 72.9 cm³/mol. The molecule has 3 atom stereocenters. The molecule has 2 aromatic rings. The van der Waals surface area contributed by atoms with Gasteiger partial charge >= 0.3 is 0 Å². The summed E-state index contributed by atoms with van der Waals surface area (Å²) < 4.78 is 0. The van der Waals surface area contributed by atoms with Crippen molar-refractivity contribution in [3.8, 4) is 11.1 Å². The SMILES string of the molecule is PC1c2ccccc2-c2ccccc2C1Cl. The van der Waals surface area contributed by atoms with Gasteiger partial charge in [-0.3, -0.25) is 0 Å². The van der Waals surface area contributed by atoms with Gasteiger partial charge in [0.1, 0.15) is 0 Å². The lowest BCUT2D eigenvalue weighted by molar-refractivity contribution is 0.879. The fourth-order valence-corrected chi connectivity index (χ4v) is 3.19. The fourth-order valence-electron chi connectivity index (χ4n) is 2.37. The Morgan fingerprint density at radius 2 is 1.31 bits per heavy atom. The fraction of sp³-hybridized carbons (Fsp3) is 0.143. The molecule has 2 aromatic carbocycles. The van der Waals surface area contributed by atoms with E-state index >= 15 is 0 Å². The van der Waals surface area contributed by atoms with Gasteiger partial charge in [-0.2, -0.15) is 0 Å². The number of fused-ring (bicyclic) bond motifs is 3. The monoisotopic (exact) mass is 246 g/mol. The molecule has 2 heteroatoms. The van der Waals surface area contributed by atoms with E-state index in [4.69, 9.17) is 11.6 Å². The first-order valence-electron chi connectivity index (χ1n) is 5.37. The van der Waals surface area contributed by atoms with E-state index in [-0.39, 0.29) is 5.38 Å². The third-order valence-electron chi connectivity index (χ3n) is 3.18. The second kappa shape index (κ2) is 3.87. The molecule has 0 saturated heterocycles. The molecule has 1 aliphatic carbocycles. The first-order chi connectivity index (χ1) is 7.79. The summed E-state index contributed by atoms with van der Waals surface area (Å²) in [5.41, 5.74) is 5.45. The molecule has 0 heterocycles. The average molecular weight is 247 g/mol. The summed E-state index contributed by atoms with van der Waals surface area (Å²) >= 11 is 6.50. The molecule has 0 fully saturated rings. The molecule has 1 aliphatic rings. The molecule has 3 unspecified atom stereocenters. The van der Waals surface area contributed by atoms with E-state index in [9.17, 15) is 0 Å². The molecular formula is C14H12ClP. The number of benzene rings is 2. The van der Waals surface area contributed by atoms with Crippen molar-refractivity contribution >= 4 is 20.8 Å². The average Bonchev–Trinajstić information content (AvgIpc) is 2.36. The summed E-state index contributed by atoms with van der Waals surface area (Å²) in [6.45, 7) is 0. The molecule has 0 bridgehead atoms. The van der Waals surface area contributed by atoms with Gasteiger partial charge in [0.05, 0.1) is 5.38 Å². The maximum Gasteiger partial charge on any atom is 0.0694 e. The number of hydrogen-bond donors (Lipinski definition) is 0. The lowest BCUT2D eigenvalue weighted by Crippen LogP contribution is -2.08. The van der Waals surface area contributed by atoms with Crippen molar-refractivity contribution in [1.82, 2.24) is 0 Å². The van der Waals surface area contributed by atoms with Crippen LogP contribution in [-0.4, -0.2) is 0 Å². The standard InChI is InChI=1S/C14H12ClP/c15-13-11-7-3-1-5-9(11)10-6-2-4-8-12(10)14(13)16/h1-8,13-14H,16H2. The van der Waals surface area contributed by atoms with E-state index in [0.717, 1.165) is 0 Å². The van der Waals surface area contributed by atoms with Gasteiger partial charge in [-0.05, 0) is 22.3 Å². The first kappa shape index (κ1) is 10.3. The van der Waals surface area contributed by atoms with Crippen molar-refractivity contribution in [2.24, 2.45) is 0 Å². The summed E-state index contributed by atoms with van der Waals surface area (Å²) in [4.78, 5) is 0. The lowest BCUT2D eigenvalue weighted by Gasteiger charge is -2.29. The Hall–Kier alpha value is -0.840. The zero-order valence-electron chi connectivity index (χ0n) is 8.73. The minimum Gasteiger partial charge on any atom is -0.128 e. The Bertz CT molecular complexity index is 486. The summed E-state index contributed by atoms with van der Waals surface area (Å²) in [6, 6.07) is 16.9. The molecule has 0 radical (unpaired) electrons. The molecular weight excluding hydrogens is 235 g/mol. The van der Waals surface area contributed by atoms with Gasteiger partial charge in [0.15, 0.2) is 0 Å². The van der Waals surface area contributed by atoms with Gasteiger partial charge < -0.3 is 0 Å². The minimum absolute atomic E-state index is 0.0519. The van der Waals surface area contributed by atoms with Crippen LogP contribution in [0.15, 0.2) is 48.5 Å². The molecule has 0 aliphatic heterocycles. The van der Waals surface area contributed by atoms with Crippen molar-refractivity contribution in [1.29, 1.82) is 0 Å². The normalized spacial score (nSPS) is 22.4. The number of rotatable bonds is 0. The van der Waals surface area contributed by atoms with Crippen molar-refractivity contribution < 1.29 is 0 Å². The Kier molecular flexibility index (Phi) is 2.50. The highest BCUT2D eigenvalue weighted by molar-refractivity contribution is 7.17. The highest BCUT2D eigenvalue weighted by Crippen LogP contribution is 2.51. The van der Waals surface area contributed by atoms with Gasteiger partial charge in [-0.1, -0.05) is 48.5 Å². The second-order valence-corrected chi connectivity index (χ2v) is 5.29. The molecule has 0 saturated carbocycles. The maximum atomic E-state index is 6.50. The van der Waals surface area contributed by atoms with Crippen LogP contribution in [0.4, 0.5) is 0 Å². The second-order valence-electron chi connectivity index (χ2n) is 4.10. The third-order valence-corrected chi connectivity index (χ3v) is 4.68. The summed E-state index contributed by atoms with van der Waals surface area (Å²) in [7, 11) is 2.86. The van der Waals surface area contributed by atoms with E-state index < -0.39 is 0 Å². The first-order valence-corrected chi connectivity index (χ1v) is 6.47. The van der Waals surface area contributed by atoms with Gasteiger partial charge in [0.2, 0.25) is 0 Å². The van der Waals surface area contributed by atoms with Crippen LogP contribution in [0, 0.1) is 0 Å². The molecule has 3 rings (SSSR count). The molecule has 0 aromatic heterocycles. The van der Waals surface area contributed by atoms with E-state index in [0.29, 0.717) is 5.66 Å². The topological polar surface area (TPSA) is 0 Å². The van der Waals surface area contributed by atoms with E-state index in [1.807, 2.05) is 0 Å². The Labute approximate surface area is 103 Å². The van der Waals surface area contributed by atoms with Crippen LogP contribution in [0.25, 0.3) is 11.1 Å². The van der Waals surface area contributed by atoms with Crippen LogP contribution in [0.1, 0.15) is 22.2 Å². The molecule has 0 N–H and O–H groups in total. The van der Waals surface area contributed by atoms with Crippen molar-refractivity contribution in [2.45, 2.75) is 11.0 Å². The van der Waals surface area contributed by atoms with Crippen LogP contribution in [-0.2, 0) is 0 Å². The zero-order valence-corrected chi connectivity index (χ0v) is 10.6. The lowest BCUT2D eigenvalue weighted by atomic mass is 9.85. The Morgan fingerprint density at radius 1 is 0.812 bits per heavy atom. The van der Waals surface area contributed by atoms with Crippen LogP contribution in [0.2, 0.25) is 0 Å².